The molecule has 218 valence electrons. The molecule has 0 aliphatic carbocycles. The van der Waals surface area contributed by atoms with E-state index in [4.69, 9.17) is 24.9 Å². The third-order valence-electron chi connectivity index (χ3n) is 6.91. The Labute approximate surface area is 236 Å². The van der Waals surface area contributed by atoms with Gasteiger partial charge in [0.05, 0.1) is 31.6 Å². The molecular formula is C28H32N4O9. The van der Waals surface area contributed by atoms with E-state index in [0.717, 1.165) is 42.6 Å². The molecule has 3 heterocycles. The molecule has 41 heavy (non-hydrogen) atoms. The lowest BCUT2D eigenvalue weighted by Gasteiger charge is -2.33. The number of carboxylic acid groups (broad SMARTS) is 2. The molecule has 13 heteroatoms. The van der Waals surface area contributed by atoms with Gasteiger partial charge in [-0.1, -0.05) is 6.07 Å². The summed E-state index contributed by atoms with van der Waals surface area (Å²) >= 11 is 0. The van der Waals surface area contributed by atoms with Crippen LogP contribution in [0.1, 0.15) is 74.9 Å². The fourth-order valence-electron chi connectivity index (χ4n) is 4.62. The van der Waals surface area contributed by atoms with Crippen molar-refractivity contribution in [3.05, 3.63) is 57.9 Å². The molecule has 1 fully saturated rings. The van der Waals surface area contributed by atoms with E-state index in [-0.39, 0.29) is 48.6 Å². The first-order chi connectivity index (χ1) is 19.5. The predicted octanol–water partition coefficient (Wildman–Crippen LogP) is 1.80. The zero-order valence-corrected chi connectivity index (χ0v) is 22.8. The molecule has 4 rings (SSSR count). The number of carbonyl (C=O) groups excluding carboxylic acids is 2. The highest BCUT2D eigenvalue weighted by molar-refractivity contribution is 5.94. The van der Waals surface area contributed by atoms with Gasteiger partial charge in [0.2, 0.25) is 0 Å². The molecule has 1 aromatic heterocycles. The number of β-amino-alcohol motifs (C(OH)–C–C–N with tert-alkyl or cyclic N) is 1. The normalized spacial score (nSPS) is 15.4. The molecular weight excluding hydrogens is 536 g/mol. The van der Waals surface area contributed by atoms with Gasteiger partial charge in [0.15, 0.2) is 0 Å². The van der Waals surface area contributed by atoms with Crippen molar-refractivity contribution in [2.24, 2.45) is 0 Å². The zero-order chi connectivity index (χ0) is 30.1. The zero-order valence-electron chi connectivity index (χ0n) is 22.8. The first-order valence-electron chi connectivity index (χ1n) is 12.9. The smallest absolute Gasteiger partial charge is 0.338 e. The predicted molar refractivity (Wildman–Crippen MR) is 142 cm³/mol. The molecule has 1 saturated heterocycles. The Balaban J connectivity index is 0.000000507. The summed E-state index contributed by atoms with van der Waals surface area (Å²) in [5, 5.41) is 38.7. The molecule has 0 bridgehead atoms. The number of cyclic esters (lactones) is 1. The average molecular weight is 569 g/mol. The van der Waals surface area contributed by atoms with Gasteiger partial charge in [-0.15, -0.1) is 0 Å². The lowest BCUT2D eigenvalue weighted by Crippen LogP contribution is -2.45. The van der Waals surface area contributed by atoms with Crippen LogP contribution < -0.4 is 10.1 Å². The fourth-order valence-corrected chi connectivity index (χ4v) is 4.62. The number of amides is 1. The van der Waals surface area contributed by atoms with E-state index in [1.165, 1.54) is 19.4 Å². The summed E-state index contributed by atoms with van der Waals surface area (Å²) < 4.78 is 10.2. The van der Waals surface area contributed by atoms with E-state index in [1.807, 2.05) is 13.0 Å². The van der Waals surface area contributed by atoms with Crippen LogP contribution in [0.25, 0.3) is 0 Å². The number of aromatic nitrogens is 1. The molecule has 0 radical (unpaired) electrons. The van der Waals surface area contributed by atoms with E-state index in [1.54, 1.807) is 12.1 Å². The van der Waals surface area contributed by atoms with E-state index >= 15 is 0 Å². The van der Waals surface area contributed by atoms with Crippen molar-refractivity contribution in [1.82, 2.24) is 15.2 Å². The third kappa shape index (κ3) is 8.23. The summed E-state index contributed by atoms with van der Waals surface area (Å²) in [6.45, 7) is 4.11. The largest absolute Gasteiger partial charge is 0.495 e. The van der Waals surface area contributed by atoms with Crippen molar-refractivity contribution in [3.63, 3.8) is 0 Å². The molecule has 2 aliphatic rings. The molecule has 1 atom stereocenters. The number of hydrogen-bond donors (Lipinski definition) is 4. The second-order valence-corrected chi connectivity index (χ2v) is 9.62. The van der Waals surface area contributed by atoms with Gasteiger partial charge in [0.1, 0.15) is 29.7 Å². The second-order valence-electron chi connectivity index (χ2n) is 9.62. The Morgan fingerprint density at radius 1 is 1.22 bits per heavy atom. The summed E-state index contributed by atoms with van der Waals surface area (Å²) in [7, 11) is 1.44. The van der Waals surface area contributed by atoms with Crippen molar-refractivity contribution in [1.29, 1.82) is 5.26 Å². The summed E-state index contributed by atoms with van der Waals surface area (Å²) in [6, 6.07) is 6.98. The number of rotatable bonds is 9. The maximum absolute atomic E-state index is 12.6. The molecule has 4 N–H and O–H groups in total. The van der Waals surface area contributed by atoms with Crippen molar-refractivity contribution >= 4 is 23.8 Å². The summed E-state index contributed by atoms with van der Waals surface area (Å²) in [6.07, 6.45) is 1.56. The number of nitrogens with one attached hydrogen (secondary N) is 1. The Hall–Kier alpha value is -4.54. The van der Waals surface area contributed by atoms with Crippen LogP contribution in [-0.2, 0) is 20.9 Å². The number of piperidine rings is 1. The Bertz CT molecular complexity index is 1330. The molecule has 0 saturated carbocycles. The number of likely N-dealkylation sites (tertiary alicyclic amines) is 1. The lowest BCUT2D eigenvalue weighted by atomic mass is 9.94. The standard InChI is InChI=1S/C24H26N4O5.C4H6O4/c1-14-17(3-4-18-19(14)13-33-24(18)31)21(29)12-28-7-5-16(6-8-28)27-23(30)20-9-22(32-2)15(10-25)11-26-20;5-3(6)1-2-4(7)8/h3-4,9,11,16,21,29H,5-8,12-13H2,1-2H3,(H,27,30);1-2H2,(H,5,6)(H,7,8)/t21-;/m0./s1. The topological polar surface area (TPSA) is 199 Å². The fraction of sp³-hybridized carbons (Fsp3) is 0.429. The number of benzene rings is 1. The van der Waals surface area contributed by atoms with E-state index in [0.29, 0.717) is 17.9 Å². The van der Waals surface area contributed by atoms with Gasteiger partial charge in [0, 0.05) is 43.5 Å². The van der Waals surface area contributed by atoms with Crippen LogP contribution in [0.2, 0.25) is 0 Å². The highest BCUT2D eigenvalue weighted by Gasteiger charge is 2.28. The van der Waals surface area contributed by atoms with E-state index in [9.17, 15) is 24.3 Å². The number of aliphatic hydroxyl groups excluding tert-OH is 1. The van der Waals surface area contributed by atoms with Gasteiger partial charge in [-0.05, 0) is 37.0 Å². The number of nitriles is 1. The van der Waals surface area contributed by atoms with Crippen LogP contribution in [0, 0.1) is 18.3 Å². The SMILES string of the molecule is COc1cc(C(=O)NC2CCN(C[C@H](O)c3ccc4c(c3C)COC4=O)CC2)ncc1C#N.O=C(O)CCC(=O)O. The minimum Gasteiger partial charge on any atom is -0.495 e. The quantitative estimate of drug-likeness (QED) is 0.320. The van der Waals surface area contributed by atoms with Crippen molar-refractivity contribution in [3.8, 4) is 11.8 Å². The van der Waals surface area contributed by atoms with Crippen LogP contribution in [0.15, 0.2) is 24.4 Å². The number of carboxylic acids is 2. The highest BCUT2D eigenvalue weighted by Crippen LogP contribution is 2.30. The number of esters is 1. The number of ether oxygens (including phenoxy) is 2. The maximum Gasteiger partial charge on any atom is 0.338 e. The molecule has 2 aromatic rings. The summed E-state index contributed by atoms with van der Waals surface area (Å²) in [4.78, 5) is 49.8. The number of fused-ring (bicyclic) bond motifs is 1. The molecule has 0 spiro atoms. The maximum atomic E-state index is 12.6. The summed E-state index contributed by atoms with van der Waals surface area (Å²) in [5.41, 5.74) is 3.62. The Morgan fingerprint density at radius 2 is 1.88 bits per heavy atom. The van der Waals surface area contributed by atoms with Gasteiger partial charge in [-0.2, -0.15) is 5.26 Å². The van der Waals surface area contributed by atoms with Crippen LogP contribution in [0.4, 0.5) is 0 Å². The number of aliphatic carboxylic acids is 2. The van der Waals surface area contributed by atoms with Gasteiger partial charge in [-0.3, -0.25) is 14.4 Å². The number of carbonyl (C=O) groups is 4. The number of pyridine rings is 1. The first-order valence-corrected chi connectivity index (χ1v) is 12.9. The lowest BCUT2D eigenvalue weighted by molar-refractivity contribution is -0.143. The highest BCUT2D eigenvalue weighted by atomic mass is 16.5. The van der Waals surface area contributed by atoms with Crippen molar-refractivity contribution in [2.45, 2.75) is 51.4 Å². The number of aliphatic hydroxyl groups is 1. The van der Waals surface area contributed by atoms with Gasteiger partial charge in [0.25, 0.3) is 5.91 Å². The average Bonchev–Trinajstić information content (AvgIpc) is 3.34. The number of nitrogens with zero attached hydrogens (tertiary/aromatic N) is 3. The molecule has 1 aromatic carbocycles. The van der Waals surface area contributed by atoms with Gasteiger partial charge < -0.3 is 35.0 Å². The summed E-state index contributed by atoms with van der Waals surface area (Å²) in [5.74, 6) is -2.45. The molecule has 13 nitrogen and oxygen atoms in total. The number of methoxy groups -OCH3 is 1. The first kappa shape index (κ1) is 31.0. The molecule has 0 unspecified atom stereocenters. The van der Waals surface area contributed by atoms with Crippen LogP contribution in [0.3, 0.4) is 0 Å². The van der Waals surface area contributed by atoms with Gasteiger partial charge in [-0.25, -0.2) is 9.78 Å². The minimum atomic E-state index is -1.08. The molecule has 1 amide bonds. The second kappa shape index (κ2) is 14.2. The Kier molecular flexibility index (Phi) is 10.7. The Morgan fingerprint density at radius 3 is 2.46 bits per heavy atom. The van der Waals surface area contributed by atoms with E-state index < -0.39 is 18.0 Å². The molecule has 2 aliphatic heterocycles. The van der Waals surface area contributed by atoms with Crippen molar-refractivity contribution in [2.75, 3.05) is 26.7 Å². The van der Waals surface area contributed by atoms with E-state index in [2.05, 4.69) is 15.2 Å². The number of hydrogen-bond acceptors (Lipinski definition) is 10. The monoisotopic (exact) mass is 568 g/mol. The van der Waals surface area contributed by atoms with Crippen molar-refractivity contribution < 1.29 is 44.0 Å². The van der Waals surface area contributed by atoms with Crippen LogP contribution in [-0.4, -0.2) is 81.8 Å². The van der Waals surface area contributed by atoms with Crippen LogP contribution >= 0.6 is 0 Å². The third-order valence-corrected chi connectivity index (χ3v) is 6.91. The van der Waals surface area contributed by atoms with Gasteiger partial charge >= 0.3 is 17.9 Å². The minimum absolute atomic E-state index is 0.000720. The van der Waals surface area contributed by atoms with Crippen LogP contribution in [0.5, 0.6) is 5.75 Å².